The summed E-state index contributed by atoms with van der Waals surface area (Å²) in [6.45, 7) is 0. The second-order valence-electron chi connectivity index (χ2n) is 3.36. The Bertz CT molecular complexity index is 506. The van der Waals surface area contributed by atoms with Crippen molar-refractivity contribution < 1.29 is 35.9 Å². The number of carbonyl (C=O) groups is 1. The van der Waals surface area contributed by atoms with E-state index in [4.69, 9.17) is 0 Å². The lowest BCUT2D eigenvalue weighted by atomic mass is 10.0. The van der Waals surface area contributed by atoms with Gasteiger partial charge in [-0.1, -0.05) is 0 Å². The number of halogens is 7. The zero-order chi connectivity index (χ0) is 15.0. The number of ether oxygens (including phenoxy) is 1. The zero-order valence-corrected chi connectivity index (χ0v) is 11.3. The summed E-state index contributed by atoms with van der Waals surface area (Å²) in [5, 5.41) is 0. The highest BCUT2D eigenvalue weighted by atomic mass is 127. The summed E-state index contributed by atoms with van der Waals surface area (Å²) in [4.78, 5) is 11.2. The molecule has 0 atom stereocenters. The lowest BCUT2D eigenvalue weighted by Crippen LogP contribution is -2.18. The van der Waals surface area contributed by atoms with Gasteiger partial charge in [-0.15, -0.1) is 0 Å². The highest BCUT2D eigenvalue weighted by Crippen LogP contribution is 2.39. The van der Waals surface area contributed by atoms with Crippen LogP contribution in [-0.4, -0.2) is 13.1 Å². The normalized spacial score (nSPS) is 12.4. The van der Waals surface area contributed by atoms with Crippen molar-refractivity contribution in [2.45, 2.75) is 12.4 Å². The van der Waals surface area contributed by atoms with E-state index in [1.807, 2.05) is 0 Å². The topological polar surface area (TPSA) is 26.3 Å². The predicted octanol–water partition coefficient (Wildman–Crippen LogP) is 4.12. The molecule has 0 aliphatic rings. The first kappa shape index (κ1) is 16.1. The van der Waals surface area contributed by atoms with E-state index in [9.17, 15) is 31.1 Å². The molecular formula is C10H5F6IO2. The molecule has 0 aromatic heterocycles. The van der Waals surface area contributed by atoms with Crippen molar-refractivity contribution in [3.8, 4) is 0 Å². The van der Waals surface area contributed by atoms with Crippen molar-refractivity contribution in [1.82, 2.24) is 0 Å². The molecule has 0 aliphatic heterocycles. The van der Waals surface area contributed by atoms with Crippen molar-refractivity contribution in [2.24, 2.45) is 0 Å². The highest BCUT2D eigenvalue weighted by Gasteiger charge is 2.41. The Kier molecular flexibility index (Phi) is 4.37. The minimum atomic E-state index is -5.09. The SMILES string of the molecule is COC(=O)c1cc(I)c(C(F)(F)F)cc1C(F)(F)F. The van der Waals surface area contributed by atoms with Gasteiger partial charge in [0, 0.05) is 3.57 Å². The van der Waals surface area contributed by atoms with Crippen LogP contribution in [0, 0.1) is 3.57 Å². The van der Waals surface area contributed by atoms with Crippen LogP contribution in [0.4, 0.5) is 26.3 Å². The van der Waals surface area contributed by atoms with E-state index in [0.717, 1.165) is 7.11 Å². The van der Waals surface area contributed by atoms with Gasteiger partial charge < -0.3 is 4.74 Å². The minimum absolute atomic E-state index is 0.0893. The van der Waals surface area contributed by atoms with Gasteiger partial charge in [-0.2, -0.15) is 26.3 Å². The van der Waals surface area contributed by atoms with E-state index < -0.39 is 38.6 Å². The highest BCUT2D eigenvalue weighted by molar-refractivity contribution is 14.1. The molecule has 1 rings (SSSR count). The number of rotatable bonds is 1. The molecule has 0 saturated carbocycles. The fraction of sp³-hybridized carbons (Fsp3) is 0.300. The summed E-state index contributed by atoms with van der Waals surface area (Å²) in [7, 11) is 0.840. The Morgan fingerprint density at radius 3 is 1.89 bits per heavy atom. The zero-order valence-electron chi connectivity index (χ0n) is 9.12. The Morgan fingerprint density at radius 2 is 1.53 bits per heavy atom. The number of benzene rings is 1. The standard InChI is InChI=1S/C10H5F6IO2/c1-19-8(18)4-2-7(17)6(10(14,15)16)3-5(4)9(11,12)13/h2-3H,1H3. The van der Waals surface area contributed by atoms with Gasteiger partial charge in [0.25, 0.3) is 0 Å². The van der Waals surface area contributed by atoms with Crippen LogP contribution in [0.1, 0.15) is 21.5 Å². The molecule has 0 bridgehead atoms. The van der Waals surface area contributed by atoms with Crippen LogP contribution in [0.2, 0.25) is 0 Å². The molecule has 0 heterocycles. The first-order valence-corrected chi connectivity index (χ1v) is 5.62. The third-order valence-electron chi connectivity index (χ3n) is 2.12. The molecule has 0 fully saturated rings. The second-order valence-corrected chi connectivity index (χ2v) is 4.53. The van der Waals surface area contributed by atoms with Crippen molar-refractivity contribution in [3.63, 3.8) is 0 Å². The van der Waals surface area contributed by atoms with Crippen molar-refractivity contribution in [2.75, 3.05) is 7.11 Å². The molecule has 0 aliphatic carbocycles. The number of hydrogen-bond acceptors (Lipinski definition) is 2. The van der Waals surface area contributed by atoms with Crippen LogP contribution in [0.5, 0.6) is 0 Å². The number of hydrogen-bond donors (Lipinski definition) is 0. The number of esters is 1. The summed E-state index contributed by atoms with van der Waals surface area (Å²) in [5.41, 5.74) is -4.08. The maximum absolute atomic E-state index is 12.7. The molecule has 0 amide bonds. The number of methoxy groups -OCH3 is 1. The van der Waals surface area contributed by atoms with Gasteiger partial charge in [0.05, 0.1) is 23.8 Å². The summed E-state index contributed by atoms with van der Waals surface area (Å²) >= 11 is 1.21. The van der Waals surface area contributed by atoms with E-state index >= 15 is 0 Å². The van der Waals surface area contributed by atoms with E-state index in [1.165, 1.54) is 22.6 Å². The Balaban J connectivity index is 3.60. The van der Waals surface area contributed by atoms with Gasteiger partial charge in [0.15, 0.2) is 0 Å². The van der Waals surface area contributed by atoms with Crippen LogP contribution in [0.15, 0.2) is 12.1 Å². The van der Waals surface area contributed by atoms with Gasteiger partial charge in [-0.25, -0.2) is 4.79 Å². The lowest BCUT2D eigenvalue weighted by Gasteiger charge is -2.16. The third-order valence-corrected chi connectivity index (χ3v) is 3.02. The first-order valence-electron chi connectivity index (χ1n) is 4.54. The molecule has 0 spiro atoms. The van der Waals surface area contributed by atoms with Gasteiger partial charge >= 0.3 is 18.3 Å². The van der Waals surface area contributed by atoms with Gasteiger partial charge in [-0.3, -0.25) is 0 Å². The maximum atomic E-state index is 12.7. The summed E-state index contributed by atoms with van der Waals surface area (Å²) in [5.74, 6) is -1.35. The molecule has 19 heavy (non-hydrogen) atoms. The van der Waals surface area contributed by atoms with Gasteiger partial charge in [0.1, 0.15) is 0 Å². The predicted molar refractivity (Wildman–Crippen MR) is 60.5 cm³/mol. The van der Waals surface area contributed by atoms with Crippen LogP contribution in [-0.2, 0) is 17.1 Å². The average molecular weight is 398 g/mol. The molecule has 0 radical (unpaired) electrons. The molecule has 0 N–H and O–H groups in total. The van der Waals surface area contributed by atoms with Crippen molar-refractivity contribution in [3.05, 3.63) is 32.4 Å². The summed E-state index contributed by atoms with van der Waals surface area (Å²) < 4.78 is 79.2. The Morgan fingerprint density at radius 1 is 1.05 bits per heavy atom. The van der Waals surface area contributed by atoms with Crippen molar-refractivity contribution in [1.29, 1.82) is 0 Å². The summed E-state index contributed by atoms with van der Waals surface area (Å²) in [6.07, 6.45) is -10.0. The number of alkyl halides is 6. The van der Waals surface area contributed by atoms with Crippen molar-refractivity contribution >= 4 is 28.6 Å². The summed E-state index contributed by atoms with van der Waals surface area (Å²) in [6, 6.07) is 0.423. The van der Waals surface area contributed by atoms with E-state index in [1.54, 1.807) is 0 Å². The molecule has 0 unspecified atom stereocenters. The van der Waals surface area contributed by atoms with Crippen LogP contribution in [0.3, 0.4) is 0 Å². The molecule has 1 aromatic rings. The van der Waals surface area contributed by atoms with Gasteiger partial charge in [0.2, 0.25) is 0 Å². The third kappa shape index (κ3) is 3.51. The van der Waals surface area contributed by atoms with E-state index in [0.29, 0.717) is 6.07 Å². The van der Waals surface area contributed by atoms with Gasteiger partial charge in [-0.05, 0) is 34.7 Å². The smallest absolute Gasteiger partial charge is 0.417 e. The quantitative estimate of drug-likeness (QED) is 0.405. The molecule has 1 aromatic carbocycles. The molecular weight excluding hydrogens is 393 g/mol. The average Bonchev–Trinajstić information content (AvgIpc) is 2.24. The Hall–Kier alpha value is -1.00. The monoisotopic (exact) mass is 398 g/mol. The first-order chi connectivity index (χ1) is 8.48. The maximum Gasteiger partial charge on any atom is 0.417 e. The molecule has 0 saturated heterocycles. The molecule has 9 heteroatoms. The number of carbonyl (C=O) groups excluding carboxylic acids is 1. The second kappa shape index (κ2) is 5.17. The minimum Gasteiger partial charge on any atom is -0.465 e. The Labute approximate surface area is 116 Å². The van der Waals surface area contributed by atoms with Crippen LogP contribution >= 0.6 is 22.6 Å². The van der Waals surface area contributed by atoms with E-state index in [-0.39, 0.29) is 6.07 Å². The lowest BCUT2D eigenvalue weighted by molar-refractivity contribution is -0.143. The van der Waals surface area contributed by atoms with Crippen LogP contribution < -0.4 is 0 Å². The fourth-order valence-corrected chi connectivity index (χ4v) is 2.08. The molecule has 2 nitrogen and oxygen atoms in total. The van der Waals surface area contributed by atoms with Crippen LogP contribution in [0.25, 0.3) is 0 Å². The van der Waals surface area contributed by atoms with E-state index in [2.05, 4.69) is 4.74 Å². The molecule has 106 valence electrons. The fourth-order valence-electron chi connectivity index (χ4n) is 1.30. The largest absolute Gasteiger partial charge is 0.465 e.